The Morgan fingerprint density at radius 1 is 1.14 bits per heavy atom. The molecule has 4 heteroatoms. The van der Waals surface area contributed by atoms with E-state index in [0.717, 1.165) is 15.8 Å². The molecule has 2 nitrogen and oxygen atoms in total. The number of rotatable bonds is 5. The molecule has 0 aromatic heterocycles. The Kier molecular flexibility index (Phi) is 5.31. The van der Waals surface area contributed by atoms with Gasteiger partial charge in [0.2, 0.25) is 0 Å². The summed E-state index contributed by atoms with van der Waals surface area (Å²) < 4.78 is 6.46. The van der Waals surface area contributed by atoms with E-state index in [0.29, 0.717) is 11.6 Å². The van der Waals surface area contributed by atoms with Crippen LogP contribution in [0.15, 0.2) is 46.9 Å². The van der Waals surface area contributed by atoms with Crippen molar-refractivity contribution in [3.63, 3.8) is 0 Å². The molecule has 0 aliphatic heterocycles. The minimum absolute atomic E-state index is 0.162. The molecule has 112 valence electrons. The molecule has 0 aliphatic carbocycles. The van der Waals surface area contributed by atoms with Crippen molar-refractivity contribution in [2.75, 3.05) is 7.11 Å². The molecule has 2 aromatic carbocycles. The summed E-state index contributed by atoms with van der Waals surface area (Å²) in [4.78, 5) is 0. The summed E-state index contributed by atoms with van der Waals surface area (Å²) in [5.74, 6) is 0.807. The normalized spacial score (nSPS) is 11.5. The van der Waals surface area contributed by atoms with E-state index in [1.807, 2.05) is 18.2 Å². The zero-order chi connectivity index (χ0) is 15.5. The van der Waals surface area contributed by atoms with Crippen LogP contribution in [0.2, 0.25) is 5.02 Å². The van der Waals surface area contributed by atoms with E-state index in [2.05, 4.69) is 59.4 Å². The maximum absolute atomic E-state index is 6.28. The Bertz CT molecular complexity index is 611. The van der Waals surface area contributed by atoms with Crippen molar-refractivity contribution in [2.45, 2.75) is 25.9 Å². The smallest absolute Gasteiger partial charge is 0.124 e. The first-order valence-corrected chi connectivity index (χ1v) is 7.93. The van der Waals surface area contributed by atoms with E-state index in [9.17, 15) is 0 Å². The highest BCUT2D eigenvalue weighted by Crippen LogP contribution is 2.28. The first-order chi connectivity index (χ1) is 9.94. The lowest BCUT2D eigenvalue weighted by molar-refractivity contribution is 0.381. The van der Waals surface area contributed by atoms with Crippen LogP contribution in [0.25, 0.3) is 0 Å². The Morgan fingerprint density at radius 3 is 2.43 bits per heavy atom. The molecule has 2 aromatic rings. The third-order valence-corrected chi connectivity index (χ3v) is 4.45. The van der Waals surface area contributed by atoms with Gasteiger partial charge in [-0.15, -0.1) is 0 Å². The van der Waals surface area contributed by atoms with E-state index in [1.54, 1.807) is 7.11 Å². The summed E-state index contributed by atoms with van der Waals surface area (Å²) in [5, 5.41) is 4.26. The fourth-order valence-corrected chi connectivity index (χ4v) is 2.68. The van der Waals surface area contributed by atoms with Crippen LogP contribution < -0.4 is 10.1 Å². The molecule has 0 bridgehead atoms. The van der Waals surface area contributed by atoms with Crippen molar-refractivity contribution in [3.05, 3.63) is 63.1 Å². The lowest BCUT2D eigenvalue weighted by Crippen LogP contribution is -2.36. The molecular formula is C17H19BrClNO. The average molecular weight is 369 g/mol. The van der Waals surface area contributed by atoms with E-state index < -0.39 is 0 Å². The average Bonchev–Trinajstić information content (AvgIpc) is 2.46. The van der Waals surface area contributed by atoms with Gasteiger partial charge in [0.15, 0.2) is 0 Å². The van der Waals surface area contributed by atoms with Gasteiger partial charge in [-0.05, 0) is 43.7 Å². The molecule has 0 spiro atoms. The number of nitrogens with one attached hydrogen (secondary N) is 1. The first-order valence-electron chi connectivity index (χ1n) is 6.76. The molecule has 0 amide bonds. The Balaban J connectivity index is 2.17. The highest BCUT2D eigenvalue weighted by atomic mass is 79.9. The molecule has 0 fully saturated rings. The highest BCUT2D eigenvalue weighted by Gasteiger charge is 2.20. The monoisotopic (exact) mass is 367 g/mol. The van der Waals surface area contributed by atoms with Crippen LogP contribution in [0.1, 0.15) is 25.0 Å². The Morgan fingerprint density at radius 2 is 1.81 bits per heavy atom. The zero-order valence-corrected chi connectivity index (χ0v) is 14.8. The summed E-state index contributed by atoms with van der Waals surface area (Å²) >= 11 is 9.74. The molecule has 0 atom stereocenters. The van der Waals surface area contributed by atoms with E-state index >= 15 is 0 Å². The second-order valence-electron chi connectivity index (χ2n) is 5.41. The second kappa shape index (κ2) is 6.82. The van der Waals surface area contributed by atoms with Crippen LogP contribution >= 0.6 is 27.5 Å². The van der Waals surface area contributed by atoms with E-state index in [1.165, 1.54) is 5.56 Å². The maximum atomic E-state index is 6.28. The van der Waals surface area contributed by atoms with Crippen LogP contribution in [0, 0.1) is 0 Å². The van der Waals surface area contributed by atoms with Gasteiger partial charge in [-0.25, -0.2) is 0 Å². The number of hydrogen-bond donors (Lipinski definition) is 1. The molecule has 0 radical (unpaired) electrons. The van der Waals surface area contributed by atoms with Crippen molar-refractivity contribution in [1.82, 2.24) is 5.32 Å². The van der Waals surface area contributed by atoms with Crippen molar-refractivity contribution >= 4 is 27.5 Å². The van der Waals surface area contributed by atoms with Crippen molar-refractivity contribution in [2.24, 2.45) is 0 Å². The Labute approximate surface area is 139 Å². The predicted octanol–water partition coefficient (Wildman–Crippen LogP) is 5.14. The minimum Gasteiger partial charge on any atom is -0.496 e. The molecule has 0 aliphatic rings. The topological polar surface area (TPSA) is 21.3 Å². The highest BCUT2D eigenvalue weighted by molar-refractivity contribution is 9.10. The molecule has 1 N–H and O–H groups in total. The molecule has 21 heavy (non-hydrogen) atoms. The predicted molar refractivity (Wildman–Crippen MR) is 92.0 cm³/mol. The van der Waals surface area contributed by atoms with Crippen LogP contribution in [0.4, 0.5) is 0 Å². The van der Waals surface area contributed by atoms with Crippen LogP contribution in [0.3, 0.4) is 0 Å². The van der Waals surface area contributed by atoms with Crippen LogP contribution in [-0.4, -0.2) is 7.11 Å². The summed E-state index contributed by atoms with van der Waals surface area (Å²) in [6.45, 7) is 4.95. The number of ether oxygens (including phenoxy) is 1. The van der Waals surface area contributed by atoms with Crippen molar-refractivity contribution in [1.29, 1.82) is 0 Å². The molecular weight excluding hydrogens is 350 g/mol. The Hall–Kier alpha value is -1.03. The van der Waals surface area contributed by atoms with Gasteiger partial charge in [0.1, 0.15) is 5.75 Å². The van der Waals surface area contributed by atoms with Gasteiger partial charge in [-0.1, -0.05) is 45.7 Å². The summed E-state index contributed by atoms with van der Waals surface area (Å²) in [7, 11) is 1.66. The standard InChI is InChI=1S/C17H19BrClNO/c1-17(2,12-7-9-13(18)10-8-12)20-11-14-15(19)5-4-6-16(14)21-3/h4-10,20H,11H2,1-3H3. The van der Waals surface area contributed by atoms with Gasteiger partial charge in [0.05, 0.1) is 7.11 Å². The van der Waals surface area contributed by atoms with Gasteiger partial charge < -0.3 is 10.1 Å². The quantitative estimate of drug-likeness (QED) is 0.789. The van der Waals surface area contributed by atoms with Crippen LogP contribution in [0.5, 0.6) is 5.75 Å². The fraction of sp³-hybridized carbons (Fsp3) is 0.294. The van der Waals surface area contributed by atoms with E-state index in [-0.39, 0.29) is 5.54 Å². The number of hydrogen-bond acceptors (Lipinski definition) is 2. The molecule has 0 saturated heterocycles. The number of methoxy groups -OCH3 is 1. The molecule has 0 saturated carbocycles. The molecule has 0 heterocycles. The van der Waals surface area contributed by atoms with Gasteiger partial charge in [-0.2, -0.15) is 0 Å². The summed E-state index contributed by atoms with van der Waals surface area (Å²) in [6, 6.07) is 14.0. The van der Waals surface area contributed by atoms with Crippen molar-refractivity contribution < 1.29 is 4.74 Å². The third-order valence-electron chi connectivity index (χ3n) is 3.57. The zero-order valence-electron chi connectivity index (χ0n) is 12.4. The van der Waals surface area contributed by atoms with Gasteiger partial charge >= 0.3 is 0 Å². The summed E-state index contributed by atoms with van der Waals surface area (Å²) in [6.07, 6.45) is 0. The lowest BCUT2D eigenvalue weighted by Gasteiger charge is -2.28. The third kappa shape index (κ3) is 4.00. The fourth-order valence-electron chi connectivity index (χ4n) is 2.18. The van der Waals surface area contributed by atoms with Crippen LogP contribution in [-0.2, 0) is 12.1 Å². The van der Waals surface area contributed by atoms with Gasteiger partial charge in [0.25, 0.3) is 0 Å². The number of benzene rings is 2. The van der Waals surface area contributed by atoms with Gasteiger partial charge in [0, 0.05) is 27.1 Å². The number of halogens is 2. The van der Waals surface area contributed by atoms with Gasteiger partial charge in [-0.3, -0.25) is 0 Å². The van der Waals surface area contributed by atoms with Crippen molar-refractivity contribution in [3.8, 4) is 5.75 Å². The largest absolute Gasteiger partial charge is 0.496 e. The molecule has 2 rings (SSSR count). The second-order valence-corrected chi connectivity index (χ2v) is 6.73. The SMILES string of the molecule is COc1cccc(Cl)c1CNC(C)(C)c1ccc(Br)cc1. The lowest BCUT2D eigenvalue weighted by atomic mass is 9.94. The van der Waals surface area contributed by atoms with E-state index in [4.69, 9.17) is 16.3 Å². The molecule has 0 unspecified atom stereocenters. The first kappa shape index (κ1) is 16.3. The minimum atomic E-state index is -0.162. The summed E-state index contributed by atoms with van der Waals surface area (Å²) in [5.41, 5.74) is 2.04. The maximum Gasteiger partial charge on any atom is 0.124 e.